The van der Waals surface area contributed by atoms with Gasteiger partial charge in [-0.1, -0.05) is 0 Å². The van der Waals surface area contributed by atoms with E-state index in [1.54, 1.807) is 6.07 Å². The monoisotopic (exact) mass is 252 g/mol. The number of nitrogens with one attached hydrogen (secondary N) is 1. The van der Waals surface area contributed by atoms with Crippen molar-refractivity contribution in [3.63, 3.8) is 0 Å². The number of nitrogens with two attached hydrogens (primary N) is 1. The van der Waals surface area contributed by atoms with Crippen LogP contribution in [-0.4, -0.2) is 15.2 Å². The second kappa shape index (κ2) is 3.42. The molecule has 3 N–H and O–H groups in total. The third-order valence-electron chi connectivity index (χ3n) is 1.83. The second-order valence-corrected chi connectivity index (χ2v) is 3.84. The molecule has 0 aliphatic rings. The molecule has 14 heavy (non-hydrogen) atoms. The maximum Gasteiger partial charge on any atom is 0.145 e. The highest BCUT2D eigenvalue weighted by Crippen LogP contribution is 2.22. The number of hydrogen-bond donors (Lipinski definition) is 2. The first-order chi connectivity index (χ1) is 6.65. The minimum Gasteiger partial charge on any atom is -0.382 e. The number of nitrogens with zero attached hydrogens (tertiary/aromatic N) is 2. The van der Waals surface area contributed by atoms with Gasteiger partial charge in [0.1, 0.15) is 10.4 Å². The van der Waals surface area contributed by atoms with Crippen molar-refractivity contribution in [1.29, 1.82) is 0 Å². The van der Waals surface area contributed by atoms with E-state index in [4.69, 9.17) is 5.73 Å². The quantitative estimate of drug-likeness (QED) is 0.765. The minimum atomic E-state index is 0.491. The molecule has 0 saturated heterocycles. The topological polar surface area (TPSA) is 67.6 Å². The van der Waals surface area contributed by atoms with Crippen molar-refractivity contribution >= 4 is 21.7 Å². The summed E-state index contributed by atoms with van der Waals surface area (Å²) in [6, 6.07) is 5.68. The first-order valence-corrected chi connectivity index (χ1v) is 4.90. The number of pyridine rings is 1. The standard InChI is InChI=1S/C9H9BrN4/c1-5-2-6(3-8(10)12-5)7-4-9(11)14-13-7/h2-4H,1H3,(H3,11,13,14). The fraction of sp³-hybridized carbons (Fsp3) is 0.111. The molecule has 0 bridgehead atoms. The Bertz CT molecular complexity index is 443. The molecule has 0 aliphatic heterocycles. The summed E-state index contributed by atoms with van der Waals surface area (Å²) in [5.74, 6) is 0.491. The van der Waals surface area contributed by atoms with E-state index in [9.17, 15) is 0 Å². The molecule has 0 radical (unpaired) electrons. The molecule has 0 amide bonds. The van der Waals surface area contributed by atoms with Gasteiger partial charge in [-0.3, -0.25) is 5.10 Å². The maximum atomic E-state index is 5.52. The summed E-state index contributed by atoms with van der Waals surface area (Å²) in [7, 11) is 0. The number of H-pyrrole nitrogens is 1. The number of anilines is 1. The predicted molar refractivity (Wildman–Crippen MR) is 58.7 cm³/mol. The first kappa shape index (κ1) is 9.21. The molecular formula is C9H9BrN4. The van der Waals surface area contributed by atoms with E-state index in [2.05, 4.69) is 31.1 Å². The zero-order valence-corrected chi connectivity index (χ0v) is 9.17. The van der Waals surface area contributed by atoms with Crippen molar-refractivity contribution in [2.24, 2.45) is 0 Å². The normalized spacial score (nSPS) is 10.4. The van der Waals surface area contributed by atoms with Gasteiger partial charge in [-0.05, 0) is 35.0 Å². The van der Waals surface area contributed by atoms with Crippen LogP contribution < -0.4 is 5.73 Å². The van der Waals surface area contributed by atoms with Crippen molar-refractivity contribution in [2.75, 3.05) is 5.73 Å². The number of aryl methyl sites for hydroxylation is 1. The molecule has 2 rings (SSSR count). The summed E-state index contributed by atoms with van der Waals surface area (Å²) in [6.07, 6.45) is 0. The average Bonchev–Trinajstić information content (AvgIpc) is 2.50. The van der Waals surface area contributed by atoms with Crippen LogP contribution in [0.1, 0.15) is 5.69 Å². The Hall–Kier alpha value is -1.36. The molecular weight excluding hydrogens is 244 g/mol. The zero-order chi connectivity index (χ0) is 10.1. The summed E-state index contributed by atoms with van der Waals surface area (Å²) in [5.41, 5.74) is 8.39. The predicted octanol–water partition coefficient (Wildman–Crippen LogP) is 2.12. The molecule has 2 aromatic heterocycles. The lowest BCUT2D eigenvalue weighted by atomic mass is 10.2. The largest absolute Gasteiger partial charge is 0.382 e. The van der Waals surface area contributed by atoms with Gasteiger partial charge in [-0.25, -0.2) is 4.98 Å². The van der Waals surface area contributed by atoms with E-state index in [1.807, 2.05) is 19.1 Å². The van der Waals surface area contributed by atoms with E-state index in [0.717, 1.165) is 21.6 Å². The van der Waals surface area contributed by atoms with Crippen LogP contribution in [0.15, 0.2) is 22.8 Å². The summed E-state index contributed by atoms with van der Waals surface area (Å²) < 4.78 is 0.806. The van der Waals surface area contributed by atoms with Crippen LogP contribution in [-0.2, 0) is 0 Å². The van der Waals surface area contributed by atoms with Crippen LogP contribution in [0.25, 0.3) is 11.3 Å². The lowest BCUT2D eigenvalue weighted by Crippen LogP contribution is -1.85. The van der Waals surface area contributed by atoms with Gasteiger partial charge >= 0.3 is 0 Å². The molecule has 72 valence electrons. The summed E-state index contributed by atoms with van der Waals surface area (Å²) in [6.45, 7) is 1.94. The van der Waals surface area contributed by atoms with Crippen molar-refractivity contribution < 1.29 is 0 Å². The number of nitrogen functional groups attached to an aromatic ring is 1. The molecule has 2 heterocycles. The Morgan fingerprint density at radius 1 is 1.36 bits per heavy atom. The molecule has 0 atom stereocenters. The van der Waals surface area contributed by atoms with Crippen LogP contribution in [0.2, 0.25) is 0 Å². The molecule has 0 saturated carbocycles. The van der Waals surface area contributed by atoms with Gasteiger partial charge in [0.2, 0.25) is 0 Å². The number of halogens is 1. The average molecular weight is 253 g/mol. The molecule has 2 aromatic rings. The van der Waals surface area contributed by atoms with E-state index in [-0.39, 0.29) is 0 Å². The van der Waals surface area contributed by atoms with E-state index in [0.29, 0.717) is 5.82 Å². The highest BCUT2D eigenvalue weighted by molar-refractivity contribution is 9.10. The number of rotatable bonds is 1. The van der Waals surface area contributed by atoms with Gasteiger partial charge in [0, 0.05) is 17.3 Å². The summed E-state index contributed by atoms with van der Waals surface area (Å²) in [5, 5.41) is 6.72. The van der Waals surface area contributed by atoms with Gasteiger partial charge in [-0.2, -0.15) is 5.10 Å². The van der Waals surface area contributed by atoms with Crippen LogP contribution in [0.5, 0.6) is 0 Å². The molecule has 0 fully saturated rings. The van der Waals surface area contributed by atoms with Gasteiger partial charge in [0.25, 0.3) is 0 Å². The Kier molecular flexibility index (Phi) is 2.25. The number of aromatic nitrogens is 3. The smallest absolute Gasteiger partial charge is 0.145 e. The van der Waals surface area contributed by atoms with E-state index >= 15 is 0 Å². The maximum absolute atomic E-state index is 5.52. The minimum absolute atomic E-state index is 0.491. The fourth-order valence-electron chi connectivity index (χ4n) is 1.27. The third kappa shape index (κ3) is 1.77. The lowest BCUT2D eigenvalue weighted by molar-refractivity contribution is 1.10. The van der Waals surface area contributed by atoms with Gasteiger partial charge in [0.05, 0.1) is 5.69 Å². The van der Waals surface area contributed by atoms with Crippen LogP contribution >= 0.6 is 15.9 Å². The van der Waals surface area contributed by atoms with E-state index < -0.39 is 0 Å². The molecule has 0 unspecified atom stereocenters. The zero-order valence-electron chi connectivity index (χ0n) is 7.58. The number of aromatic amines is 1. The molecule has 0 aliphatic carbocycles. The first-order valence-electron chi connectivity index (χ1n) is 4.10. The molecule has 0 aromatic carbocycles. The van der Waals surface area contributed by atoms with Gasteiger partial charge in [0.15, 0.2) is 0 Å². The van der Waals surface area contributed by atoms with Crippen molar-refractivity contribution in [3.05, 3.63) is 28.5 Å². The Balaban J connectivity index is 2.51. The van der Waals surface area contributed by atoms with Gasteiger partial charge < -0.3 is 5.73 Å². The second-order valence-electron chi connectivity index (χ2n) is 3.03. The lowest BCUT2D eigenvalue weighted by Gasteiger charge is -1.99. The molecule has 5 heteroatoms. The van der Waals surface area contributed by atoms with Gasteiger partial charge in [-0.15, -0.1) is 0 Å². The van der Waals surface area contributed by atoms with E-state index in [1.165, 1.54) is 0 Å². The Labute approximate surface area is 89.7 Å². The Morgan fingerprint density at radius 2 is 2.14 bits per heavy atom. The van der Waals surface area contributed by atoms with Crippen molar-refractivity contribution in [3.8, 4) is 11.3 Å². The molecule has 4 nitrogen and oxygen atoms in total. The summed E-state index contributed by atoms with van der Waals surface area (Å²) in [4.78, 5) is 4.22. The fourth-order valence-corrected chi connectivity index (χ4v) is 1.79. The van der Waals surface area contributed by atoms with Crippen LogP contribution in [0.3, 0.4) is 0 Å². The third-order valence-corrected chi connectivity index (χ3v) is 2.24. The Morgan fingerprint density at radius 3 is 2.71 bits per heavy atom. The van der Waals surface area contributed by atoms with Crippen molar-refractivity contribution in [2.45, 2.75) is 6.92 Å². The van der Waals surface area contributed by atoms with Crippen molar-refractivity contribution in [1.82, 2.24) is 15.2 Å². The van der Waals surface area contributed by atoms with Crippen LogP contribution in [0, 0.1) is 6.92 Å². The highest BCUT2D eigenvalue weighted by Gasteiger charge is 2.03. The van der Waals surface area contributed by atoms with Crippen LogP contribution in [0.4, 0.5) is 5.82 Å². The highest BCUT2D eigenvalue weighted by atomic mass is 79.9. The summed E-state index contributed by atoms with van der Waals surface area (Å²) >= 11 is 3.34. The SMILES string of the molecule is Cc1cc(-c2cc(N)n[nH]2)cc(Br)n1. The molecule has 0 spiro atoms. The number of hydrogen-bond acceptors (Lipinski definition) is 3.